The summed E-state index contributed by atoms with van der Waals surface area (Å²) in [7, 11) is 0. The summed E-state index contributed by atoms with van der Waals surface area (Å²) in [6, 6.07) is 8.56. The van der Waals surface area contributed by atoms with Crippen molar-refractivity contribution in [2.24, 2.45) is 0 Å². The quantitative estimate of drug-likeness (QED) is 0.798. The highest BCUT2D eigenvalue weighted by molar-refractivity contribution is 7.13. The molecule has 17 heavy (non-hydrogen) atoms. The normalized spacial score (nSPS) is 16.1. The van der Waals surface area contributed by atoms with Gasteiger partial charge in [-0.2, -0.15) is 0 Å². The monoisotopic (exact) mass is 244 g/mol. The van der Waals surface area contributed by atoms with Gasteiger partial charge >= 0.3 is 0 Å². The molecule has 2 aromatic heterocycles. The van der Waals surface area contributed by atoms with Crippen molar-refractivity contribution in [2.75, 3.05) is 18.0 Å². The maximum atomic E-state index is 4.59. The van der Waals surface area contributed by atoms with Crippen molar-refractivity contribution < 1.29 is 0 Å². The third-order valence-electron chi connectivity index (χ3n) is 3.23. The molecule has 1 aliphatic rings. The third-order valence-corrected chi connectivity index (χ3v) is 4.15. The molecule has 0 atom stereocenters. The highest BCUT2D eigenvalue weighted by Gasteiger charge is 2.11. The van der Waals surface area contributed by atoms with E-state index in [0.717, 1.165) is 18.9 Å². The molecule has 0 spiro atoms. The second-order valence-electron chi connectivity index (χ2n) is 4.43. The molecule has 2 aromatic rings. The number of aromatic nitrogens is 1. The van der Waals surface area contributed by atoms with Crippen molar-refractivity contribution in [3.05, 3.63) is 35.8 Å². The van der Waals surface area contributed by atoms with Crippen molar-refractivity contribution in [3.63, 3.8) is 0 Å². The molecule has 0 radical (unpaired) electrons. The Labute approximate surface area is 106 Å². The number of pyridine rings is 1. The predicted molar refractivity (Wildman–Crippen MR) is 73.6 cm³/mol. The van der Waals surface area contributed by atoms with Gasteiger partial charge in [0.25, 0.3) is 0 Å². The van der Waals surface area contributed by atoms with E-state index in [1.807, 2.05) is 6.20 Å². The number of hydrogen-bond donors (Lipinski definition) is 0. The highest BCUT2D eigenvalue weighted by atomic mass is 32.1. The molecule has 1 saturated heterocycles. The first-order valence-electron chi connectivity index (χ1n) is 6.18. The van der Waals surface area contributed by atoms with Crippen LogP contribution in [0.4, 0.5) is 5.82 Å². The molecule has 3 heterocycles. The van der Waals surface area contributed by atoms with Gasteiger partial charge in [0.15, 0.2) is 0 Å². The molecule has 3 rings (SSSR count). The number of anilines is 1. The highest BCUT2D eigenvalue weighted by Crippen LogP contribution is 2.26. The van der Waals surface area contributed by atoms with Gasteiger partial charge in [-0.3, -0.25) is 0 Å². The lowest BCUT2D eigenvalue weighted by Crippen LogP contribution is -2.29. The van der Waals surface area contributed by atoms with Gasteiger partial charge in [-0.05, 0) is 42.8 Å². The zero-order valence-corrected chi connectivity index (χ0v) is 10.6. The summed E-state index contributed by atoms with van der Waals surface area (Å²) >= 11 is 1.76. The molecule has 0 saturated carbocycles. The van der Waals surface area contributed by atoms with E-state index in [0.29, 0.717) is 0 Å². The first-order chi connectivity index (χ1) is 8.43. The summed E-state index contributed by atoms with van der Waals surface area (Å²) in [5.74, 6) is 1.13. The molecule has 0 bridgehead atoms. The maximum absolute atomic E-state index is 4.59. The van der Waals surface area contributed by atoms with E-state index in [1.54, 1.807) is 11.3 Å². The molecule has 0 aliphatic carbocycles. The van der Waals surface area contributed by atoms with E-state index in [-0.39, 0.29) is 0 Å². The molecule has 0 amide bonds. The molecule has 3 heteroatoms. The fourth-order valence-electron chi connectivity index (χ4n) is 2.28. The average molecular weight is 244 g/mol. The van der Waals surface area contributed by atoms with Gasteiger partial charge in [0.2, 0.25) is 0 Å². The van der Waals surface area contributed by atoms with Gasteiger partial charge in [0.05, 0.1) is 0 Å². The summed E-state index contributed by atoms with van der Waals surface area (Å²) in [6.45, 7) is 2.32. The largest absolute Gasteiger partial charge is 0.357 e. The van der Waals surface area contributed by atoms with Gasteiger partial charge in [0, 0.05) is 29.7 Å². The van der Waals surface area contributed by atoms with Crippen LogP contribution in [0.2, 0.25) is 0 Å². The summed E-state index contributed by atoms with van der Waals surface area (Å²) in [4.78, 5) is 8.28. The van der Waals surface area contributed by atoms with Gasteiger partial charge < -0.3 is 4.90 Å². The van der Waals surface area contributed by atoms with Gasteiger partial charge in [-0.25, -0.2) is 4.98 Å². The van der Waals surface area contributed by atoms with Gasteiger partial charge in [-0.15, -0.1) is 11.3 Å². The Balaban J connectivity index is 1.80. The van der Waals surface area contributed by atoms with Crippen LogP contribution in [0.3, 0.4) is 0 Å². The number of piperidine rings is 1. The summed E-state index contributed by atoms with van der Waals surface area (Å²) in [5.41, 5.74) is 1.22. The van der Waals surface area contributed by atoms with Crippen LogP contribution in [0.1, 0.15) is 19.3 Å². The smallest absolute Gasteiger partial charge is 0.128 e. The van der Waals surface area contributed by atoms with Crippen molar-refractivity contribution in [2.45, 2.75) is 19.3 Å². The van der Waals surface area contributed by atoms with Gasteiger partial charge in [-0.1, -0.05) is 6.07 Å². The van der Waals surface area contributed by atoms with Crippen LogP contribution in [0.5, 0.6) is 0 Å². The van der Waals surface area contributed by atoms with E-state index < -0.39 is 0 Å². The van der Waals surface area contributed by atoms with Crippen LogP contribution in [-0.4, -0.2) is 18.1 Å². The molecular formula is C14H16N2S. The minimum absolute atomic E-state index is 1.13. The summed E-state index contributed by atoms with van der Waals surface area (Å²) in [5, 5.41) is 2.11. The van der Waals surface area contributed by atoms with Crippen molar-refractivity contribution in [1.82, 2.24) is 4.98 Å². The van der Waals surface area contributed by atoms with Crippen LogP contribution in [0, 0.1) is 0 Å². The average Bonchev–Trinajstić information content (AvgIpc) is 2.94. The molecule has 88 valence electrons. The molecular weight excluding hydrogens is 228 g/mol. The minimum atomic E-state index is 1.13. The molecule has 0 aromatic carbocycles. The third kappa shape index (κ3) is 2.34. The fraction of sp³-hybridized carbons (Fsp3) is 0.357. The van der Waals surface area contributed by atoms with E-state index in [1.165, 1.54) is 29.7 Å². The van der Waals surface area contributed by atoms with Crippen molar-refractivity contribution >= 4 is 17.2 Å². The van der Waals surface area contributed by atoms with E-state index in [4.69, 9.17) is 0 Å². The summed E-state index contributed by atoms with van der Waals surface area (Å²) < 4.78 is 0. The number of hydrogen-bond acceptors (Lipinski definition) is 3. The first-order valence-corrected chi connectivity index (χ1v) is 7.06. The molecule has 1 fully saturated rings. The van der Waals surface area contributed by atoms with Crippen LogP contribution < -0.4 is 4.90 Å². The zero-order valence-electron chi connectivity index (χ0n) is 9.80. The standard InChI is InChI=1S/C14H16N2S/c1-2-8-16(9-3-1)14-7-6-12(11-15-14)13-5-4-10-17-13/h4-7,10-11H,1-3,8-9H2. The number of rotatable bonds is 2. The van der Waals surface area contributed by atoms with E-state index in [9.17, 15) is 0 Å². The lowest BCUT2D eigenvalue weighted by Gasteiger charge is -2.27. The maximum Gasteiger partial charge on any atom is 0.128 e. The van der Waals surface area contributed by atoms with Crippen LogP contribution >= 0.6 is 11.3 Å². The van der Waals surface area contributed by atoms with Crippen LogP contribution in [-0.2, 0) is 0 Å². The molecule has 0 unspecified atom stereocenters. The number of thiophene rings is 1. The van der Waals surface area contributed by atoms with E-state index in [2.05, 4.69) is 39.5 Å². The molecule has 1 aliphatic heterocycles. The van der Waals surface area contributed by atoms with E-state index >= 15 is 0 Å². The lowest BCUT2D eigenvalue weighted by atomic mass is 10.1. The van der Waals surface area contributed by atoms with Crippen molar-refractivity contribution in [3.8, 4) is 10.4 Å². The summed E-state index contributed by atoms with van der Waals surface area (Å²) in [6.07, 6.45) is 5.96. The lowest BCUT2D eigenvalue weighted by molar-refractivity contribution is 0.573. The Hall–Kier alpha value is -1.35. The SMILES string of the molecule is c1csc(-c2ccc(N3CCCCC3)nc2)c1. The van der Waals surface area contributed by atoms with Crippen molar-refractivity contribution in [1.29, 1.82) is 0 Å². The molecule has 0 N–H and O–H groups in total. The second kappa shape index (κ2) is 4.88. The Morgan fingerprint density at radius 1 is 1.06 bits per heavy atom. The minimum Gasteiger partial charge on any atom is -0.357 e. The first kappa shape index (κ1) is 10.8. The number of nitrogens with zero attached hydrogens (tertiary/aromatic N) is 2. The second-order valence-corrected chi connectivity index (χ2v) is 5.38. The fourth-order valence-corrected chi connectivity index (χ4v) is 3.00. The van der Waals surface area contributed by atoms with Gasteiger partial charge in [0.1, 0.15) is 5.82 Å². The zero-order chi connectivity index (χ0) is 11.5. The Morgan fingerprint density at radius 2 is 1.94 bits per heavy atom. The van der Waals surface area contributed by atoms with Crippen LogP contribution in [0.25, 0.3) is 10.4 Å². The predicted octanol–water partition coefficient (Wildman–Crippen LogP) is 3.80. The Kier molecular flexibility index (Phi) is 3.10. The van der Waals surface area contributed by atoms with Crippen LogP contribution in [0.15, 0.2) is 35.8 Å². The Bertz CT molecular complexity index is 455. The Morgan fingerprint density at radius 3 is 2.59 bits per heavy atom. The molecule has 2 nitrogen and oxygen atoms in total. The topological polar surface area (TPSA) is 16.1 Å².